The molecule has 1 heterocycles. The number of rotatable bonds is 0. The highest BCUT2D eigenvalue weighted by Crippen LogP contribution is 2.27. The number of nitrogens with zero attached hydrogens (tertiary/aromatic N) is 2. The summed E-state index contributed by atoms with van der Waals surface area (Å²) in [6.45, 7) is 2.00. The molecule has 2 rings (SSSR count). The van der Waals surface area contributed by atoms with Crippen molar-refractivity contribution in [2.75, 3.05) is 0 Å². The van der Waals surface area contributed by atoms with Gasteiger partial charge in [0.25, 0.3) is 0 Å². The number of hydrogen-bond donors (Lipinski definition) is 0. The normalized spacial score (nSPS) is 11.1. The minimum absolute atomic E-state index is 1.02. The molecule has 0 saturated heterocycles. The van der Waals surface area contributed by atoms with Crippen molar-refractivity contribution >= 4 is 42.9 Å². The van der Waals surface area contributed by atoms with E-state index in [1.807, 2.05) is 20.0 Å². The van der Waals surface area contributed by atoms with Crippen LogP contribution < -0.4 is 0 Å². The van der Waals surface area contributed by atoms with Crippen LogP contribution in [0.25, 0.3) is 11.0 Å². The molecule has 0 atom stereocenters. The molecule has 0 bridgehead atoms. The molecular weight excluding hydrogens is 296 g/mol. The van der Waals surface area contributed by atoms with Crippen molar-refractivity contribution in [3.63, 3.8) is 0 Å². The molecule has 2 nitrogen and oxygen atoms in total. The summed E-state index contributed by atoms with van der Waals surface area (Å²) in [5, 5.41) is 0. The average molecular weight is 304 g/mol. The van der Waals surface area contributed by atoms with Crippen LogP contribution in [-0.4, -0.2) is 9.55 Å². The molecule has 2 aromatic rings. The Morgan fingerprint density at radius 2 is 2.00 bits per heavy atom. The van der Waals surface area contributed by atoms with Gasteiger partial charge in [-0.1, -0.05) is 15.9 Å². The van der Waals surface area contributed by atoms with E-state index in [2.05, 4.69) is 47.5 Å². The molecule has 0 unspecified atom stereocenters. The summed E-state index contributed by atoms with van der Waals surface area (Å²) in [7, 11) is 2.02. The van der Waals surface area contributed by atoms with Crippen LogP contribution >= 0.6 is 31.9 Å². The molecule has 13 heavy (non-hydrogen) atoms. The van der Waals surface area contributed by atoms with Crippen molar-refractivity contribution in [1.82, 2.24) is 9.55 Å². The zero-order valence-electron chi connectivity index (χ0n) is 7.31. The molecule has 0 aliphatic carbocycles. The zero-order chi connectivity index (χ0) is 9.59. The predicted octanol–water partition coefficient (Wildman–Crippen LogP) is 3.41. The predicted molar refractivity (Wildman–Crippen MR) is 60.9 cm³/mol. The molecule has 1 aromatic heterocycles. The molecule has 0 N–H and O–H groups in total. The van der Waals surface area contributed by atoms with Gasteiger partial charge in [0.1, 0.15) is 11.3 Å². The first-order valence-electron chi connectivity index (χ1n) is 3.87. The SMILES string of the molecule is Cc1nc2c(Br)cc(Br)cc2n1C. The number of imidazole rings is 1. The van der Waals surface area contributed by atoms with Crippen LogP contribution in [0.2, 0.25) is 0 Å². The van der Waals surface area contributed by atoms with E-state index in [1.54, 1.807) is 0 Å². The van der Waals surface area contributed by atoms with Gasteiger partial charge in [-0.3, -0.25) is 0 Å². The van der Waals surface area contributed by atoms with E-state index in [-0.39, 0.29) is 0 Å². The second-order valence-corrected chi connectivity index (χ2v) is 4.74. The van der Waals surface area contributed by atoms with Crippen molar-refractivity contribution in [3.05, 3.63) is 26.9 Å². The van der Waals surface area contributed by atoms with Crippen molar-refractivity contribution in [3.8, 4) is 0 Å². The number of fused-ring (bicyclic) bond motifs is 1. The van der Waals surface area contributed by atoms with Gasteiger partial charge in [0.15, 0.2) is 0 Å². The molecule has 0 spiro atoms. The van der Waals surface area contributed by atoms with Gasteiger partial charge in [0, 0.05) is 16.0 Å². The summed E-state index contributed by atoms with van der Waals surface area (Å²) < 4.78 is 4.17. The average Bonchev–Trinajstić information content (AvgIpc) is 2.32. The molecule has 0 fully saturated rings. The Bertz CT molecular complexity index is 474. The van der Waals surface area contributed by atoms with Crippen molar-refractivity contribution in [2.24, 2.45) is 7.05 Å². The quantitative estimate of drug-likeness (QED) is 0.729. The summed E-state index contributed by atoms with van der Waals surface area (Å²) in [4.78, 5) is 4.45. The van der Waals surface area contributed by atoms with Crippen LogP contribution in [-0.2, 0) is 7.05 Å². The first-order chi connectivity index (χ1) is 6.09. The van der Waals surface area contributed by atoms with Crippen LogP contribution in [0.15, 0.2) is 21.1 Å². The van der Waals surface area contributed by atoms with Gasteiger partial charge in [-0.25, -0.2) is 4.98 Å². The molecule has 0 aliphatic rings. The van der Waals surface area contributed by atoms with E-state index in [9.17, 15) is 0 Å². The molecule has 4 heteroatoms. The molecule has 0 radical (unpaired) electrons. The highest BCUT2D eigenvalue weighted by Gasteiger charge is 2.07. The van der Waals surface area contributed by atoms with Gasteiger partial charge in [-0.15, -0.1) is 0 Å². The van der Waals surface area contributed by atoms with Crippen LogP contribution in [0.4, 0.5) is 0 Å². The monoisotopic (exact) mass is 302 g/mol. The number of halogens is 2. The van der Waals surface area contributed by atoms with E-state index in [1.165, 1.54) is 0 Å². The minimum Gasteiger partial charge on any atom is -0.331 e. The minimum atomic E-state index is 1.02. The van der Waals surface area contributed by atoms with Gasteiger partial charge in [0.05, 0.1) is 5.52 Å². The van der Waals surface area contributed by atoms with Crippen LogP contribution in [0, 0.1) is 6.92 Å². The van der Waals surface area contributed by atoms with Gasteiger partial charge < -0.3 is 4.57 Å². The molecule has 0 amide bonds. The summed E-state index contributed by atoms with van der Waals surface area (Å²) in [5.74, 6) is 1.02. The molecule has 1 aromatic carbocycles. The van der Waals surface area contributed by atoms with Gasteiger partial charge in [-0.2, -0.15) is 0 Å². The Morgan fingerprint density at radius 3 is 2.69 bits per heavy atom. The lowest BCUT2D eigenvalue weighted by Gasteiger charge is -1.98. The lowest BCUT2D eigenvalue weighted by molar-refractivity contribution is 0.886. The van der Waals surface area contributed by atoms with E-state index in [0.29, 0.717) is 0 Å². The van der Waals surface area contributed by atoms with Crippen LogP contribution in [0.5, 0.6) is 0 Å². The number of aromatic nitrogens is 2. The highest BCUT2D eigenvalue weighted by molar-refractivity contribution is 9.11. The summed E-state index contributed by atoms with van der Waals surface area (Å²) in [5.41, 5.74) is 2.15. The number of benzene rings is 1. The van der Waals surface area contributed by atoms with Crippen LogP contribution in [0.1, 0.15) is 5.82 Å². The Balaban J connectivity index is 2.94. The molecule has 68 valence electrons. The van der Waals surface area contributed by atoms with Crippen molar-refractivity contribution in [2.45, 2.75) is 6.92 Å². The Hall–Kier alpha value is -0.350. The second-order valence-electron chi connectivity index (χ2n) is 2.97. The topological polar surface area (TPSA) is 17.8 Å². The lowest BCUT2D eigenvalue weighted by atomic mass is 10.3. The number of hydrogen-bond acceptors (Lipinski definition) is 1. The fraction of sp³-hybridized carbons (Fsp3) is 0.222. The maximum absolute atomic E-state index is 4.45. The van der Waals surface area contributed by atoms with E-state index in [4.69, 9.17) is 0 Å². The third kappa shape index (κ3) is 1.42. The Morgan fingerprint density at radius 1 is 1.31 bits per heavy atom. The van der Waals surface area contributed by atoms with Crippen molar-refractivity contribution in [1.29, 1.82) is 0 Å². The Kier molecular flexibility index (Phi) is 2.20. The van der Waals surface area contributed by atoms with Gasteiger partial charge in [0.2, 0.25) is 0 Å². The van der Waals surface area contributed by atoms with E-state index < -0.39 is 0 Å². The molecule has 0 aliphatic heterocycles. The third-order valence-corrected chi connectivity index (χ3v) is 3.19. The summed E-state index contributed by atoms with van der Waals surface area (Å²) >= 11 is 6.94. The van der Waals surface area contributed by atoms with E-state index >= 15 is 0 Å². The largest absolute Gasteiger partial charge is 0.331 e. The Labute approximate surface area is 93.2 Å². The summed E-state index contributed by atoms with van der Waals surface area (Å²) in [6.07, 6.45) is 0. The maximum Gasteiger partial charge on any atom is 0.106 e. The lowest BCUT2D eigenvalue weighted by Crippen LogP contribution is -1.89. The maximum atomic E-state index is 4.45. The fourth-order valence-electron chi connectivity index (χ4n) is 1.33. The molecular formula is C9H8Br2N2. The van der Waals surface area contributed by atoms with Gasteiger partial charge in [-0.05, 0) is 35.0 Å². The van der Waals surface area contributed by atoms with E-state index in [0.717, 1.165) is 25.8 Å². The highest BCUT2D eigenvalue weighted by atomic mass is 79.9. The smallest absolute Gasteiger partial charge is 0.106 e. The van der Waals surface area contributed by atoms with Gasteiger partial charge >= 0.3 is 0 Å². The van der Waals surface area contributed by atoms with Crippen LogP contribution in [0.3, 0.4) is 0 Å². The summed E-state index contributed by atoms with van der Waals surface area (Å²) in [6, 6.07) is 4.08. The number of aryl methyl sites for hydroxylation is 2. The standard InChI is InChI=1S/C9H8Br2N2/c1-5-12-9-7(11)3-6(10)4-8(9)13(5)2/h3-4H,1-2H3. The zero-order valence-corrected chi connectivity index (χ0v) is 10.5. The molecule has 0 saturated carbocycles. The second kappa shape index (κ2) is 3.10. The first-order valence-corrected chi connectivity index (χ1v) is 5.46. The fourth-order valence-corrected chi connectivity index (χ4v) is 2.62. The van der Waals surface area contributed by atoms with Crippen molar-refractivity contribution < 1.29 is 0 Å². The third-order valence-electron chi connectivity index (χ3n) is 2.13. The first kappa shape index (κ1) is 9.21.